The van der Waals surface area contributed by atoms with E-state index in [1.165, 1.54) is 22.2 Å². The van der Waals surface area contributed by atoms with Gasteiger partial charge in [0.2, 0.25) is 0 Å². The lowest BCUT2D eigenvalue weighted by Gasteiger charge is -2.18. The average molecular weight is 394 g/mol. The molecule has 0 radical (unpaired) electrons. The van der Waals surface area contributed by atoms with E-state index in [1.807, 2.05) is 11.6 Å². The average Bonchev–Trinajstić information content (AvgIpc) is 3.16. The first-order valence-electron chi connectivity index (χ1n) is 9.92. The summed E-state index contributed by atoms with van der Waals surface area (Å²) in [6.07, 6.45) is 5.74. The van der Waals surface area contributed by atoms with Crippen LogP contribution in [0.25, 0.3) is 21.3 Å². The number of thiazole rings is 1. The van der Waals surface area contributed by atoms with Gasteiger partial charge in [-0.15, -0.1) is 11.3 Å². The molecule has 2 aromatic carbocycles. The SMILES string of the molecule is CC(C)(C)c1ccc2scnc2c1.CCC.CCc1ccc2nccnc2c1. The molecule has 4 heteroatoms. The molecule has 0 unspecified atom stereocenters. The van der Waals surface area contributed by atoms with E-state index in [-0.39, 0.29) is 5.41 Å². The Labute approximate surface area is 172 Å². The Kier molecular flexibility index (Phi) is 8.06. The molecule has 0 amide bonds. The molecule has 2 aromatic heterocycles. The Morgan fingerprint density at radius 1 is 0.786 bits per heavy atom. The minimum Gasteiger partial charge on any atom is -0.253 e. The van der Waals surface area contributed by atoms with Gasteiger partial charge < -0.3 is 0 Å². The molecular weight excluding hydrogens is 362 g/mol. The molecule has 4 aromatic rings. The van der Waals surface area contributed by atoms with Crippen LogP contribution in [0.1, 0.15) is 59.1 Å². The molecule has 3 nitrogen and oxygen atoms in total. The van der Waals surface area contributed by atoms with Crippen molar-refractivity contribution in [1.82, 2.24) is 15.0 Å². The molecule has 0 aliphatic heterocycles. The zero-order chi connectivity index (χ0) is 20.6. The van der Waals surface area contributed by atoms with Crippen LogP contribution in [-0.4, -0.2) is 15.0 Å². The summed E-state index contributed by atoms with van der Waals surface area (Å²) >= 11 is 1.70. The van der Waals surface area contributed by atoms with Gasteiger partial charge in [0.15, 0.2) is 0 Å². The fraction of sp³-hybridized carbons (Fsp3) is 0.375. The Hall–Kier alpha value is -2.33. The van der Waals surface area contributed by atoms with Crippen LogP contribution >= 0.6 is 11.3 Å². The van der Waals surface area contributed by atoms with Gasteiger partial charge in [-0.05, 0) is 47.2 Å². The van der Waals surface area contributed by atoms with Crippen LogP contribution in [0, 0.1) is 0 Å². The van der Waals surface area contributed by atoms with Crippen molar-refractivity contribution in [2.45, 2.75) is 59.8 Å². The van der Waals surface area contributed by atoms with E-state index in [9.17, 15) is 0 Å². The highest BCUT2D eigenvalue weighted by atomic mass is 32.1. The van der Waals surface area contributed by atoms with Gasteiger partial charge in [0.25, 0.3) is 0 Å². The van der Waals surface area contributed by atoms with Crippen molar-refractivity contribution in [3.8, 4) is 0 Å². The number of aryl methyl sites for hydroxylation is 1. The predicted octanol–water partition coefficient (Wildman–Crippen LogP) is 7.20. The standard InChI is InChI=1S/C11H13NS.C10H10N2.C3H8/c1-11(2,3)8-4-5-10-9(6-8)12-7-13-10;1-2-8-3-4-9-10(7-8)12-6-5-11-9;1-3-2/h4-7H,1-3H3;3-7H,2H2,1H3;3H2,1-2H3. The third-order valence-corrected chi connectivity index (χ3v) is 4.95. The molecule has 0 aliphatic carbocycles. The van der Waals surface area contributed by atoms with Gasteiger partial charge in [-0.2, -0.15) is 0 Å². The first kappa shape index (κ1) is 22.0. The maximum absolute atomic E-state index is 4.31. The fourth-order valence-electron chi connectivity index (χ4n) is 2.55. The minimum atomic E-state index is 0.220. The maximum atomic E-state index is 4.31. The summed E-state index contributed by atoms with van der Waals surface area (Å²) < 4.78 is 1.27. The molecule has 148 valence electrons. The topological polar surface area (TPSA) is 38.7 Å². The van der Waals surface area contributed by atoms with E-state index in [0.29, 0.717) is 0 Å². The van der Waals surface area contributed by atoms with E-state index < -0.39 is 0 Å². The van der Waals surface area contributed by atoms with Gasteiger partial charge in [0.1, 0.15) is 0 Å². The lowest BCUT2D eigenvalue weighted by molar-refractivity contribution is 0.591. The van der Waals surface area contributed by atoms with Crippen LogP contribution < -0.4 is 0 Å². The first-order valence-corrected chi connectivity index (χ1v) is 10.8. The van der Waals surface area contributed by atoms with Gasteiger partial charge in [-0.3, -0.25) is 9.97 Å². The van der Waals surface area contributed by atoms with Crippen molar-refractivity contribution < 1.29 is 0 Å². The molecule has 0 fully saturated rings. The third-order valence-electron chi connectivity index (χ3n) is 4.14. The maximum Gasteiger partial charge on any atom is 0.0889 e. The van der Waals surface area contributed by atoms with E-state index in [0.717, 1.165) is 23.0 Å². The fourth-order valence-corrected chi connectivity index (χ4v) is 3.21. The van der Waals surface area contributed by atoms with E-state index in [2.05, 4.69) is 86.8 Å². The van der Waals surface area contributed by atoms with Crippen molar-refractivity contribution in [2.75, 3.05) is 0 Å². The van der Waals surface area contributed by atoms with E-state index in [4.69, 9.17) is 0 Å². The summed E-state index contributed by atoms with van der Waals surface area (Å²) in [4.78, 5) is 12.7. The normalized spacial score (nSPS) is 10.8. The number of rotatable bonds is 1. The Balaban J connectivity index is 0.000000176. The highest BCUT2D eigenvalue weighted by molar-refractivity contribution is 7.16. The Morgan fingerprint density at radius 2 is 1.46 bits per heavy atom. The number of aromatic nitrogens is 3. The summed E-state index contributed by atoms with van der Waals surface area (Å²) in [5, 5.41) is 0. The lowest BCUT2D eigenvalue weighted by atomic mass is 9.87. The molecule has 0 saturated carbocycles. The van der Waals surface area contributed by atoms with Gasteiger partial charge in [-0.1, -0.05) is 60.1 Å². The number of benzene rings is 2. The molecule has 0 N–H and O–H groups in total. The van der Waals surface area contributed by atoms with Crippen LogP contribution in [-0.2, 0) is 11.8 Å². The van der Waals surface area contributed by atoms with Crippen LogP contribution in [0.15, 0.2) is 54.3 Å². The number of hydrogen-bond acceptors (Lipinski definition) is 4. The molecule has 0 atom stereocenters. The van der Waals surface area contributed by atoms with Crippen LogP contribution in [0.2, 0.25) is 0 Å². The second kappa shape index (κ2) is 10.3. The van der Waals surface area contributed by atoms with E-state index >= 15 is 0 Å². The molecule has 2 heterocycles. The number of nitrogens with zero attached hydrogens (tertiary/aromatic N) is 3. The zero-order valence-corrected chi connectivity index (χ0v) is 18.7. The quantitative estimate of drug-likeness (QED) is 0.343. The molecule has 4 rings (SSSR count). The summed E-state index contributed by atoms with van der Waals surface area (Å²) in [6, 6.07) is 12.7. The molecule has 0 aliphatic rings. The van der Waals surface area contributed by atoms with Gasteiger partial charge >= 0.3 is 0 Å². The van der Waals surface area contributed by atoms with Gasteiger partial charge in [0.05, 0.1) is 26.8 Å². The summed E-state index contributed by atoms with van der Waals surface area (Å²) in [5.41, 5.74) is 7.85. The Bertz CT molecular complexity index is 999. The van der Waals surface area contributed by atoms with Crippen molar-refractivity contribution >= 4 is 32.6 Å². The summed E-state index contributed by atoms with van der Waals surface area (Å²) in [5.74, 6) is 0. The second-order valence-corrected chi connectivity index (χ2v) is 8.61. The minimum absolute atomic E-state index is 0.220. The monoisotopic (exact) mass is 393 g/mol. The molecular formula is C24H31N3S. The molecule has 0 bridgehead atoms. The third kappa shape index (κ3) is 6.10. The Morgan fingerprint density at radius 3 is 2.11 bits per heavy atom. The summed E-state index contributed by atoms with van der Waals surface area (Å²) in [6.45, 7) is 13.1. The number of fused-ring (bicyclic) bond motifs is 2. The van der Waals surface area contributed by atoms with Gasteiger partial charge in [0, 0.05) is 12.4 Å². The molecule has 0 spiro atoms. The first-order chi connectivity index (χ1) is 13.4. The summed E-state index contributed by atoms with van der Waals surface area (Å²) in [7, 11) is 0. The highest BCUT2D eigenvalue weighted by Crippen LogP contribution is 2.26. The second-order valence-electron chi connectivity index (χ2n) is 7.72. The number of hydrogen-bond donors (Lipinski definition) is 0. The van der Waals surface area contributed by atoms with Crippen molar-refractivity contribution in [3.63, 3.8) is 0 Å². The molecule has 0 saturated heterocycles. The highest BCUT2D eigenvalue weighted by Gasteiger charge is 2.13. The predicted molar refractivity (Wildman–Crippen MR) is 123 cm³/mol. The van der Waals surface area contributed by atoms with Crippen LogP contribution in [0.5, 0.6) is 0 Å². The smallest absolute Gasteiger partial charge is 0.0889 e. The van der Waals surface area contributed by atoms with Crippen molar-refractivity contribution in [3.05, 3.63) is 65.4 Å². The van der Waals surface area contributed by atoms with Crippen molar-refractivity contribution in [1.29, 1.82) is 0 Å². The van der Waals surface area contributed by atoms with Gasteiger partial charge in [-0.25, -0.2) is 4.98 Å². The lowest BCUT2D eigenvalue weighted by Crippen LogP contribution is -2.10. The van der Waals surface area contributed by atoms with Crippen LogP contribution in [0.3, 0.4) is 0 Å². The van der Waals surface area contributed by atoms with Crippen molar-refractivity contribution in [2.24, 2.45) is 0 Å². The van der Waals surface area contributed by atoms with Crippen LogP contribution in [0.4, 0.5) is 0 Å². The molecule has 28 heavy (non-hydrogen) atoms. The van der Waals surface area contributed by atoms with E-state index in [1.54, 1.807) is 23.7 Å². The largest absolute Gasteiger partial charge is 0.253 e. The zero-order valence-electron chi connectivity index (χ0n) is 17.9.